The van der Waals surface area contributed by atoms with Crippen LogP contribution in [0.25, 0.3) is 0 Å². The van der Waals surface area contributed by atoms with Gasteiger partial charge in [-0.1, -0.05) is 6.92 Å². The van der Waals surface area contributed by atoms with E-state index in [1.165, 1.54) is 12.8 Å². The molecule has 1 fully saturated rings. The van der Waals surface area contributed by atoms with Gasteiger partial charge >= 0.3 is 0 Å². The average molecular weight is 128 g/mol. The van der Waals surface area contributed by atoms with Crippen LogP contribution >= 0.6 is 0 Å². The van der Waals surface area contributed by atoms with Crippen LogP contribution in [0, 0.1) is 11.8 Å². The Hall–Kier alpha value is -0.0400. The smallest absolute Gasteiger partial charge is 0.0512 e. The Morgan fingerprint density at radius 1 is 1.67 bits per heavy atom. The van der Waals surface area contributed by atoms with E-state index in [-0.39, 0.29) is 6.10 Å². The van der Waals surface area contributed by atoms with Crippen LogP contribution in [-0.4, -0.2) is 11.2 Å². The number of hydrogen-bond donors (Lipinski definition) is 1. The Morgan fingerprint density at radius 3 is 2.56 bits per heavy atom. The second-order valence-corrected chi connectivity index (χ2v) is 3.40. The van der Waals surface area contributed by atoms with Gasteiger partial charge in [0.05, 0.1) is 6.10 Å². The lowest BCUT2D eigenvalue weighted by Gasteiger charge is -2.00. The number of hydrogen-bond acceptors (Lipinski definition) is 1. The van der Waals surface area contributed by atoms with Gasteiger partial charge in [-0.2, -0.15) is 0 Å². The minimum Gasteiger partial charge on any atom is -0.393 e. The molecule has 0 aromatic heterocycles. The number of rotatable bonds is 3. The molecule has 1 N–H and O–H groups in total. The Labute approximate surface area is 57.1 Å². The molecule has 0 aromatic carbocycles. The van der Waals surface area contributed by atoms with Crippen molar-refractivity contribution in [1.29, 1.82) is 0 Å². The van der Waals surface area contributed by atoms with Crippen LogP contribution in [0.1, 0.15) is 33.1 Å². The molecule has 0 radical (unpaired) electrons. The maximum atomic E-state index is 8.92. The standard InChI is InChI=1S/C8H16O/c1-6-5-8(6)4-3-7(2)9/h6-9H,3-5H2,1-2H3/t6?,7-,8?/m0/s1. The van der Waals surface area contributed by atoms with Gasteiger partial charge in [0.1, 0.15) is 0 Å². The summed E-state index contributed by atoms with van der Waals surface area (Å²) in [6.07, 6.45) is 3.54. The Balaban J connectivity index is 1.94. The third-order valence-electron chi connectivity index (χ3n) is 2.23. The minimum atomic E-state index is -0.0854. The van der Waals surface area contributed by atoms with Gasteiger partial charge in [0.15, 0.2) is 0 Å². The van der Waals surface area contributed by atoms with E-state index in [0.717, 1.165) is 18.3 Å². The molecular weight excluding hydrogens is 112 g/mol. The summed E-state index contributed by atoms with van der Waals surface area (Å²) in [7, 11) is 0. The summed E-state index contributed by atoms with van der Waals surface area (Å²) >= 11 is 0. The third kappa shape index (κ3) is 2.35. The quantitative estimate of drug-likeness (QED) is 0.614. The topological polar surface area (TPSA) is 20.2 Å². The Bertz CT molecular complexity index is 88.6. The van der Waals surface area contributed by atoms with Gasteiger partial charge in [-0.15, -0.1) is 0 Å². The molecule has 1 aliphatic rings. The zero-order chi connectivity index (χ0) is 6.85. The van der Waals surface area contributed by atoms with Crippen LogP contribution in [0.15, 0.2) is 0 Å². The van der Waals surface area contributed by atoms with E-state index < -0.39 is 0 Å². The van der Waals surface area contributed by atoms with E-state index in [1.54, 1.807) is 0 Å². The van der Waals surface area contributed by atoms with Crippen LogP contribution in [0.5, 0.6) is 0 Å². The summed E-state index contributed by atoms with van der Waals surface area (Å²) in [5, 5.41) is 8.92. The first-order valence-electron chi connectivity index (χ1n) is 3.88. The first kappa shape index (κ1) is 7.07. The van der Waals surface area contributed by atoms with E-state index in [0.29, 0.717) is 0 Å². The van der Waals surface area contributed by atoms with E-state index in [2.05, 4.69) is 6.92 Å². The molecule has 2 unspecified atom stereocenters. The van der Waals surface area contributed by atoms with Crippen molar-refractivity contribution in [2.45, 2.75) is 39.2 Å². The second-order valence-electron chi connectivity index (χ2n) is 3.40. The van der Waals surface area contributed by atoms with Gasteiger partial charge in [0, 0.05) is 0 Å². The normalized spacial score (nSPS) is 36.3. The summed E-state index contributed by atoms with van der Waals surface area (Å²) < 4.78 is 0. The van der Waals surface area contributed by atoms with Crippen LogP contribution in [0.2, 0.25) is 0 Å². The van der Waals surface area contributed by atoms with Crippen LogP contribution < -0.4 is 0 Å². The molecule has 0 saturated heterocycles. The summed E-state index contributed by atoms with van der Waals surface area (Å²) in [5.74, 6) is 1.89. The molecule has 1 nitrogen and oxygen atoms in total. The van der Waals surface area contributed by atoms with E-state index in [4.69, 9.17) is 5.11 Å². The first-order chi connectivity index (χ1) is 4.20. The molecule has 1 aliphatic carbocycles. The summed E-state index contributed by atoms with van der Waals surface area (Å²) in [5.41, 5.74) is 0. The molecule has 54 valence electrons. The van der Waals surface area contributed by atoms with Crippen molar-refractivity contribution >= 4 is 0 Å². The van der Waals surface area contributed by atoms with Crippen molar-refractivity contribution in [3.8, 4) is 0 Å². The summed E-state index contributed by atoms with van der Waals surface area (Å²) in [6.45, 7) is 4.15. The maximum absolute atomic E-state index is 8.92. The highest BCUT2D eigenvalue weighted by Gasteiger charge is 2.31. The molecule has 3 atom stereocenters. The van der Waals surface area contributed by atoms with E-state index >= 15 is 0 Å². The SMILES string of the molecule is CC1CC1CC[C@H](C)O. The van der Waals surface area contributed by atoms with Crippen molar-refractivity contribution in [2.75, 3.05) is 0 Å². The molecule has 9 heavy (non-hydrogen) atoms. The fraction of sp³-hybridized carbons (Fsp3) is 1.00. The van der Waals surface area contributed by atoms with Crippen molar-refractivity contribution in [2.24, 2.45) is 11.8 Å². The van der Waals surface area contributed by atoms with Gasteiger partial charge in [-0.25, -0.2) is 0 Å². The van der Waals surface area contributed by atoms with Gasteiger partial charge in [-0.05, 0) is 38.0 Å². The lowest BCUT2D eigenvalue weighted by molar-refractivity contribution is 0.178. The monoisotopic (exact) mass is 128 g/mol. The molecule has 1 saturated carbocycles. The molecule has 0 aliphatic heterocycles. The van der Waals surface area contributed by atoms with Crippen LogP contribution in [0.3, 0.4) is 0 Å². The Kier molecular flexibility index (Phi) is 2.12. The average Bonchev–Trinajstić information content (AvgIpc) is 2.42. The highest BCUT2D eigenvalue weighted by Crippen LogP contribution is 2.41. The fourth-order valence-corrected chi connectivity index (χ4v) is 1.26. The molecule has 0 spiro atoms. The molecule has 0 amide bonds. The largest absolute Gasteiger partial charge is 0.393 e. The summed E-state index contributed by atoms with van der Waals surface area (Å²) in [6, 6.07) is 0. The van der Waals surface area contributed by atoms with Crippen molar-refractivity contribution in [3.05, 3.63) is 0 Å². The predicted molar refractivity (Wildman–Crippen MR) is 38.2 cm³/mol. The Morgan fingerprint density at radius 2 is 2.22 bits per heavy atom. The molecule has 1 heteroatoms. The zero-order valence-electron chi connectivity index (χ0n) is 6.30. The van der Waals surface area contributed by atoms with Gasteiger partial charge in [0.25, 0.3) is 0 Å². The maximum Gasteiger partial charge on any atom is 0.0512 e. The zero-order valence-corrected chi connectivity index (χ0v) is 6.30. The van der Waals surface area contributed by atoms with Gasteiger partial charge < -0.3 is 5.11 Å². The van der Waals surface area contributed by atoms with Crippen molar-refractivity contribution in [1.82, 2.24) is 0 Å². The van der Waals surface area contributed by atoms with Crippen LogP contribution in [0.4, 0.5) is 0 Å². The van der Waals surface area contributed by atoms with Gasteiger partial charge in [-0.3, -0.25) is 0 Å². The lowest BCUT2D eigenvalue weighted by atomic mass is 10.1. The summed E-state index contributed by atoms with van der Waals surface area (Å²) in [4.78, 5) is 0. The molecule has 0 bridgehead atoms. The molecule has 1 rings (SSSR count). The minimum absolute atomic E-state index is 0.0854. The lowest BCUT2D eigenvalue weighted by Crippen LogP contribution is -1.99. The first-order valence-corrected chi connectivity index (χ1v) is 3.88. The van der Waals surface area contributed by atoms with E-state index in [1.807, 2.05) is 6.92 Å². The predicted octanol–water partition coefficient (Wildman–Crippen LogP) is 1.80. The number of aliphatic hydroxyl groups is 1. The third-order valence-corrected chi connectivity index (χ3v) is 2.23. The van der Waals surface area contributed by atoms with Gasteiger partial charge in [0.2, 0.25) is 0 Å². The number of aliphatic hydroxyl groups excluding tert-OH is 1. The highest BCUT2D eigenvalue weighted by molar-refractivity contribution is 4.82. The molecular formula is C8H16O. The second kappa shape index (κ2) is 2.70. The fourth-order valence-electron chi connectivity index (χ4n) is 1.26. The van der Waals surface area contributed by atoms with Crippen molar-refractivity contribution < 1.29 is 5.11 Å². The molecule has 0 aromatic rings. The van der Waals surface area contributed by atoms with Crippen molar-refractivity contribution in [3.63, 3.8) is 0 Å². The highest BCUT2D eigenvalue weighted by atomic mass is 16.3. The van der Waals surface area contributed by atoms with Crippen LogP contribution in [-0.2, 0) is 0 Å². The molecule has 0 heterocycles. The van der Waals surface area contributed by atoms with E-state index in [9.17, 15) is 0 Å².